The molecule has 0 fully saturated rings. The van der Waals surface area contributed by atoms with Crippen molar-refractivity contribution in [2.75, 3.05) is 13.2 Å². The minimum absolute atomic E-state index is 0.0453. The highest BCUT2D eigenvalue weighted by Crippen LogP contribution is 2.38. The van der Waals surface area contributed by atoms with Crippen LogP contribution in [0.2, 0.25) is 10.0 Å². The molecule has 2 heterocycles. The highest BCUT2D eigenvalue weighted by atomic mass is 35.5. The third kappa shape index (κ3) is 5.35. The van der Waals surface area contributed by atoms with E-state index in [0.717, 1.165) is 0 Å². The van der Waals surface area contributed by atoms with E-state index < -0.39 is 11.9 Å². The Labute approximate surface area is 186 Å². The molecule has 0 amide bonds. The van der Waals surface area contributed by atoms with Crippen LogP contribution in [0, 0.1) is 5.82 Å². The summed E-state index contributed by atoms with van der Waals surface area (Å²) < 4.78 is 25.2. The van der Waals surface area contributed by atoms with Crippen molar-refractivity contribution < 1.29 is 19.0 Å². The average molecular weight is 473 g/mol. The van der Waals surface area contributed by atoms with Crippen LogP contribution in [0.1, 0.15) is 13.8 Å². The molecular formula is C19H19Cl2FN4O3S. The molecule has 11 heteroatoms. The van der Waals surface area contributed by atoms with Gasteiger partial charge in [-0.05, 0) is 26.0 Å². The monoisotopic (exact) mass is 472 g/mol. The fraction of sp³-hybridized carbons (Fsp3) is 0.316. The zero-order chi connectivity index (χ0) is 21.8. The van der Waals surface area contributed by atoms with Crippen LogP contribution in [-0.2, 0) is 0 Å². The fourth-order valence-corrected chi connectivity index (χ4v) is 3.72. The molecule has 3 aromatic rings. The molecule has 0 saturated carbocycles. The van der Waals surface area contributed by atoms with Crippen LogP contribution in [-0.4, -0.2) is 45.6 Å². The molecular weight excluding hydrogens is 454 g/mol. The van der Waals surface area contributed by atoms with E-state index in [4.69, 9.17) is 43.5 Å². The summed E-state index contributed by atoms with van der Waals surface area (Å²) in [5.41, 5.74) is 6.58. The van der Waals surface area contributed by atoms with Crippen LogP contribution >= 0.6 is 34.5 Å². The molecule has 7 nitrogen and oxygen atoms in total. The van der Waals surface area contributed by atoms with E-state index in [1.54, 1.807) is 12.3 Å². The predicted molar refractivity (Wildman–Crippen MR) is 115 cm³/mol. The van der Waals surface area contributed by atoms with Gasteiger partial charge in [-0.25, -0.2) is 9.37 Å². The van der Waals surface area contributed by atoms with E-state index in [0.29, 0.717) is 32.0 Å². The summed E-state index contributed by atoms with van der Waals surface area (Å²) in [5.74, 6) is -0.355. The molecule has 3 rings (SSSR count). The summed E-state index contributed by atoms with van der Waals surface area (Å²) in [4.78, 5) is 4.22. The quantitative estimate of drug-likeness (QED) is 0.506. The lowest BCUT2D eigenvalue weighted by Crippen LogP contribution is -2.31. The number of aromatic nitrogens is 3. The normalized spacial score (nSPS) is 12.3. The molecule has 0 bridgehead atoms. The molecule has 0 saturated heterocycles. The number of hydrogen-bond acceptors (Lipinski definition) is 8. The van der Waals surface area contributed by atoms with Crippen LogP contribution < -0.4 is 15.2 Å². The number of nitrogens with two attached hydrogens (primary N) is 1. The van der Waals surface area contributed by atoms with Crippen molar-refractivity contribution in [3.05, 3.63) is 40.3 Å². The molecule has 1 aromatic carbocycles. The number of nitrogens with zero attached hydrogens (tertiary/aromatic N) is 3. The maximum Gasteiger partial charge on any atom is 0.232 e. The molecule has 0 aliphatic carbocycles. The molecule has 30 heavy (non-hydrogen) atoms. The maximum atomic E-state index is 14.4. The SMILES string of the molecule is CC(C)Oc1ncc(-c2nnc(-c3cc(F)c(OC[C@@H](N)CO)cc3Cl)s2)cc1Cl. The fourth-order valence-electron chi connectivity index (χ4n) is 2.35. The first-order valence-electron chi connectivity index (χ1n) is 8.93. The molecule has 2 aromatic heterocycles. The molecule has 0 unspecified atom stereocenters. The summed E-state index contributed by atoms with van der Waals surface area (Å²) in [5, 5.41) is 18.7. The van der Waals surface area contributed by atoms with Gasteiger partial charge in [0.15, 0.2) is 11.6 Å². The van der Waals surface area contributed by atoms with Gasteiger partial charge in [0, 0.05) is 23.4 Å². The Morgan fingerprint density at radius 2 is 1.90 bits per heavy atom. The molecule has 3 N–H and O–H groups in total. The topological polar surface area (TPSA) is 103 Å². The van der Waals surface area contributed by atoms with Crippen LogP contribution in [0.3, 0.4) is 0 Å². The van der Waals surface area contributed by atoms with E-state index in [1.165, 1.54) is 23.5 Å². The molecule has 0 spiro atoms. The van der Waals surface area contributed by atoms with Crippen molar-refractivity contribution in [1.29, 1.82) is 0 Å². The van der Waals surface area contributed by atoms with Crippen molar-refractivity contribution in [2.45, 2.75) is 26.0 Å². The molecule has 0 aliphatic rings. The van der Waals surface area contributed by atoms with Crippen molar-refractivity contribution in [3.8, 4) is 32.8 Å². The number of aliphatic hydroxyl groups excluding tert-OH is 1. The molecule has 160 valence electrons. The smallest absolute Gasteiger partial charge is 0.232 e. The van der Waals surface area contributed by atoms with E-state index in [-0.39, 0.29) is 30.1 Å². The summed E-state index contributed by atoms with van der Waals surface area (Å²) >= 11 is 13.7. The van der Waals surface area contributed by atoms with Crippen LogP contribution in [0.5, 0.6) is 11.6 Å². The second kappa shape index (κ2) is 9.84. The Bertz CT molecular complexity index is 1040. The van der Waals surface area contributed by atoms with Gasteiger partial charge >= 0.3 is 0 Å². The number of pyridine rings is 1. The minimum Gasteiger partial charge on any atom is -0.489 e. The molecule has 0 radical (unpaired) electrons. The molecule has 1 atom stereocenters. The van der Waals surface area contributed by atoms with E-state index in [2.05, 4.69) is 15.2 Å². The Morgan fingerprint density at radius 3 is 2.57 bits per heavy atom. The second-order valence-corrected chi connectivity index (χ2v) is 8.40. The van der Waals surface area contributed by atoms with Crippen molar-refractivity contribution in [3.63, 3.8) is 0 Å². The van der Waals surface area contributed by atoms with Crippen LogP contribution in [0.4, 0.5) is 4.39 Å². The van der Waals surface area contributed by atoms with E-state index in [1.807, 2.05) is 13.8 Å². The zero-order valence-electron chi connectivity index (χ0n) is 16.1. The van der Waals surface area contributed by atoms with Gasteiger partial charge in [0.05, 0.1) is 23.8 Å². The van der Waals surface area contributed by atoms with Crippen molar-refractivity contribution >= 4 is 34.5 Å². The third-order valence-corrected chi connectivity index (χ3v) is 5.36. The minimum atomic E-state index is -0.629. The van der Waals surface area contributed by atoms with Crippen molar-refractivity contribution in [1.82, 2.24) is 15.2 Å². The maximum absolute atomic E-state index is 14.4. The van der Waals surface area contributed by atoms with Gasteiger partial charge < -0.3 is 20.3 Å². The average Bonchev–Trinajstić information content (AvgIpc) is 3.19. The van der Waals surface area contributed by atoms with Gasteiger partial charge in [0.2, 0.25) is 5.88 Å². The first-order valence-corrected chi connectivity index (χ1v) is 10.5. The number of ether oxygens (including phenoxy) is 2. The third-order valence-electron chi connectivity index (χ3n) is 3.77. The van der Waals surface area contributed by atoms with E-state index >= 15 is 0 Å². The standard InChI is InChI=1S/C19H19Cl2FN4O3S/c1-9(2)29-17-14(21)3-10(6-24-17)18-25-26-19(30-18)12-4-15(22)16(5-13(12)20)28-8-11(23)7-27/h3-6,9,11,27H,7-8,23H2,1-2H3/t11-/m0/s1. The van der Waals surface area contributed by atoms with Crippen molar-refractivity contribution in [2.24, 2.45) is 5.73 Å². The summed E-state index contributed by atoms with van der Waals surface area (Å²) in [7, 11) is 0. The number of rotatable bonds is 8. The van der Waals surface area contributed by atoms with Gasteiger partial charge in [0.1, 0.15) is 21.6 Å². The Morgan fingerprint density at radius 1 is 1.17 bits per heavy atom. The number of benzene rings is 1. The Balaban J connectivity index is 1.84. The van der Waals surface area contributed by atoms with Crippen LogP contribution in [0.25, 0.3) is 21.1 Å². The number of halogens is 3. The van der Waals surface area contributed by atoms with Gasteiger partial charge in [-0.3, -0.25) is 0 Å². The number of hydrogen-bond donors (Lipinski definition) is 2. The largest absolute Gasteiger partial charge is 0.489 e. The van der Waals surface area contributed by atoms with Gasteiger partial charge in [0.25, 0.3) is 0 Å². The Hall–Kier alpha value is -2.04. The lowest BCUT2D eigenvalue weighted by Gasteiger charge is -2.12. The molecule has 0 aliphatic heterocycles. The summed E-state index contributed by atoms with van der Waals surface area (Å²) in [6.45, 7) is 3.44. The van der Waals surface area contributed by atoms with E-state index in [9.17, 15) is 4.39 Å². The van der Waals surface area contributed by atoms with Crippen LogP contribution in [0.15, 0.2) is 24.4 Å². The summed E-state index contributed by atoms with van der Waals surface area (Å²) in [6, 6.07) is 3.62. The first kappa shape index (κ1) is 22.6. The van der Waals surface area contributed by atoms with Gasteiger partial charge in [-0.15, -0.1) is 10.2 Å². The lowest BCUT2D eigenvalue weighted by molar-refractivity contribution is 0.202. The summed E-state index contributed by atoms with van der Waals surface area (Å²) in [6.07, 6.45) is 1.52. The predicted octanol–water partition coefficient (Wildman–Crippen LogP) is 4.20. The highest BCUT2D eigenvalue weighted by Gasteiger charge is 2.17. The highest BCUT2D eigenvalue weighted by molar-refractivity contribution is 7.18. The number of aliphatic hydroxyl groups is 1. The van der Waals surface area contributed by atoms with Gasteiger partial charge in [-0.2, -0.15) is 0 Å². The lowest BCUT2D eigenvalue weighted by atomic mass is 10.2. The van der Waals surface area contributed by atoms with Gasteiger partial charge in [-0.1, -0.05) is 34.5 Å². The zero-order valence-corrected chi connectivity index (χ0v) is 18.4. The second-order valence-electron chi connectivity index (χ2n) is 6.61. The Kier molecular flexibility index (Phi) is 7.43. The first-order chi connectivity index (χ1) is 14.3.